The molecule has 0 spiro atoms. The fourth-order valence-corrected chi connectivity index (χ4v) is 5.22. The molecule has 0 aliphatic heterocycles. The molecule has 4 nitrogen and oxygen atoms in total. The van der Waals surface area contributed by atoms with Crippen molar-refractivity contribution in [2.45, 2.75) is 26.2 Å². The lowest BCUT2D eigenvalue weighted by molar-refractivity contribution is 0.298. The molecule has 0 saturated heterocycles. The van der Waals surface area contributed by atoms with Gasteiger partial charge in [0.05, 0.1) is 0 Å². The van der Waals surface area contributed by atoms with E-state index >= 15 is 0 Å². The van der Waals surface area contributed by atoms with Gasteiger partial charge in [0.15, 0.2) is 0 Å². The molecule has 5 heteroatoms. The highest BCUT2D eigenvalue weighted by Crippen LogP contribution is 2.50. The summed E-state index contributed by atoms with van der Waals surface area (Å²) in [5, 5.41) is 4.08. The van der Waals surface area contributed by atoms with Gasteiger partial charge < -0.3 is 13.6 Å². The molecule has 0 unspecified atom stereocenters. The fourth-order valence-electron chi connectivity index (χ4n) is 3.99. The van der Waals surface area contributed by atoms with E-state index in [1.807, 2.05) is 97.1 Å². The van der Waals surface area contributed by atoms with E-state index in [9.17, 15) is 4.57 Å². The molecule has 0 atom stereocenters. The lowest BCUT2D eigenvalue weighted by Crippen LogP contribution is -2.07. The first-order chi connectivity index (χ1) is 17.1. The van der Waals surface area contributed by atoms with Gasteiger partial charge in [0.25, 0.3) is 0 Å². The van der Waals surface area contributed by atoms with Crippen molar-refractivity contribution < 1.29 is 18.1 Å². The van der Waals surface area contributed by atoms with Gasteiger partial charge in [0, 0.05) is 0 Å². The van der Waals surface area contributed by atoms with Crippen LogP contribution in [0, 0.1) is 0 Å². The second kappa shape index (κ2) is 10.2. The molecule has 0 heterocycles. The number of benzene rings is 5. The molecule has 0 aromatic heterocycles. The minimum Gasteiger partial charge on any atom is -0.386 e. The Morgan fingerprint density at radius 3 is 1.54 bits per heavy atom. The summed E-state index contributed by atoms with van der Waals surface area (Å²) in [7, 11) is -4.08. The molecular weight excluding hydrogens is 455 g/mol. The van der Waals surface area contributed by atoms with Gasteiger partial charge in [-0.15, -0.1) is 0 Å². The summed E-state index contributed by atoms with van der Waals surface area (Å²) < 4.78 is 31.8. The maximum Gasteiger partial charge on any atom is 0.647 e. The topological polar surface area (TPSA) is 44.8 Å². The number of fused-ring (bicyclic) bond motifs is 2. The average Bonchev–Trinajstić information content (AvgIpc) is 2.88. The Kier molecular flexibility index (Phi) is 6.74. The second-order valence-electron chi connectivity index (χ2n) is 8.49. The van der Waals surface area contributed by atoms with E-state index in [1.54, 1.807) is 12.1 Å². The second-order valence-corrected chi connectivity index (χ2v) is 9.93. The van der Waals surface area contributed by atoms with E-state index in [1.165, 1.54) is 5.56 Å². The number of unbranched alkanes of at least 4 members (excludes halogenated alkanes) is 1. The van der Waals surface area contributed by atoms with Crippen LogP contribution < -0.4 is 13.6 Å². The predicted molar refractivity (Wildman–Crippen MR) is 142 cm³/mol. The number of rotatable bonds is 9. The Labute approximate surface area is 205 Å². The predicted octanol–water partition coefficient (Wildman–Crippen LogP) is 8.98. The molecule has 0 radical (unpaired) electrons. The summed E-state index contributed by atoms with van der Waals surface area (Å²) in [4.78, 5) is 0. The van der Waals surface area contributed by atoms with Gasteiger partial charge >= 0.3 is 7.82 Å². The van der Waals surface area contributed by atoms with E-state index in [0.29, 0.717) is 17.2 Å². The van der Waals surface area contributed by atoms with Crippen molar-refractivity contribution in [2.24, 2.45) is 0 Å². The van der Waals surface area contributed by atoms with Crippen LogP contribution in [-0.4, -0.2) is 0 Å². The lowest BCUT2D eigenvalue weighted by Gasteiger charge is -2.20. The molecule has 5 rings (SSSR count). The zero-order valence-electron chi connectivity index (χ0n) is 19.6. The van der Waals surface area contributed by atoms with Crippen molar-refractivity contribution in [1.82, 2.24) is 0 Å². The molecule has 0 aliphatic carbocycles. The molecule has 35 heavy (non-hydrogen) atoms. The highest BCUT2D eigenvalue weighted by Gasteiger charge is 2.33. The van der Waals surface area contributed by atoms with Gasteiger partial charge in [0.2, 0.25) is 0 Å². The molecule has 5 aromatic rings. The van der Waals surface area contributed by atoms with Crippen molar-refractivity contribution in [3.63, 3.8) is 0 Å². The summed E-state index contributed by atoms with van der Waals surface area (Å²) >= 11 is 0. The maximum atomic E-state index is 14.0. The van der Waals surface area contributed by atoms with Crippen molar-refractivity contribution in [3.8, 4) is 17.2 Å². The van der Waals surface area contributed by atoms with E-state index in [-0.39, 0.29) is 0 Å². The third-order valence-electron chi connectivity index (χ3n) is 5.84. The molecule has 0 fully saturated rings. The number of phosphoric acid groups is 1. The maximum absolute atomic E-state index is 14.0. The number of hydrogen-bond donors (Lipinski definition) is 0. The van der Waals surface area contributed by atoms with Crippen molar-refractivity contribution in [2.75, 3.05) is 0 Å². The SMILES string of the molecule is CCCCc1ccc(OP(=O)(Oc2ccc3ccccc3c2)Oc2ccc3ccccc3c2)cc1. The van der Waals surface area contributed by atoms with Crippen LogP contribution in [0.25, 0.3) is 21.5 Å². The van der Waals surface area contributed by atoms with Crippen LogP contribution in [0.4, 0.5) is 0 Å². The first kappa shape index (κ1) is 23.0. The molecule has 176 valence electrons. The van der Waals surface area contributed by atoms with Crippen LogP contribution >= 0.6 is 7.82 Å². The van der Waals surface area contributed by atoms with Gasteiger partial charge in [-0.1, -0.05) is 86.1 Å². The van der Waals surface area contributed by atoms with Gasteiger partial charge in [-0.2, -0.15) is 4.57 Å². The zero-order chi connectivity index (χ0) is 24.1. The fraction of sp³-hybridized carbons (Fsp3) is 0.133. The van der Waals surface area contributed by atoms with E-state index in [4.69, 9.17) is 13.6 Å². The van der Waals surface area contributed by atoms with Crippen LogP contribution in [0.1, 0.15) is 25.3 Å². The third kappa shape index (κ3) is 5.67. The minimum absolute atomic E-state index is 0.410. The highest BCUT2D eigenvalue weighted by molar-refractivity contribution is 7.49. The van der Waals surface area contributed by atoms with Crippen LogP contribution in [0.2, 0.25) is 0 Å². The number of hydrogen-bond acceptors (Lipinski definition) is 4. The van der Waals surface area contributed by atoms with Crippen LogP contribution in [0.5, 0.6) is 17.2 Å². The first-order valence-electron chi connectivity index (χ1n) is 11.9. The summed E-state index contributed by atoms with van der Waals surface area (Å²) in [5.41, 5.74) is 1.21. The van der Waals surface area contributed by atoms with Gasteiger partial charge in [0.1, 0.15) is 17.2 Å². The van der Waals surface area contributed by atoms with E-state index < -0.39 is 7.82 Å². The normalized spacial score (nSPS) is 11.5. The van der Waals surface area contributed by atoms with Crippen LogP contribution in [0.15, 0.2) is 109 Å². The summed E-state index contributed by atoms with van der Waals surface area (Å²) in [6, 6.07) is 34.5. The number of phosphoric ester groups is 1. The smallest absolute Gasteiger partial charge is 0.386 e. The Morgan fingerprint density at radius 2 is 1.03 bits per heavy atom. The Balaban J connectivity index is 1.45. The monoisotopic (exact) mass is 482 g/mol. The zero-order valence-corrected chi connectivity index (χ0v) is 20.5. The largest absolute Gasteiger partial charge is 0.647 e. The standard InChI is InChI=1S/C30H27O4P/c1-2-3-8-23-13-17-28(18-14-23)32-35(31,33-29-19-15-24-9-4-6-11-26(24)21-29)34-30-20-16-25-10-5-7-12-27(25)22-30/h4-7,9-22H,2-3,8H2,1H3. The van der Waals surface area contributed by atoms with Crippen molar-refractivity contribution in [3.05, 3.63) is 115 Å². The summed E-state index contributed by atoms with van der Waals surface area (Å²) in [5.74, 6) is 1.25. The minimum atomic E-state index is -4.08. The lowest BCUT2D eigenvalue weighted by atomic mass is 10.1. The van der Waals surface area contributed by atoms with E-state index in [2.05, 4.69) is 6.92 Å². The van der Waals surface area contributed by atoms with Crippen LogP contribution in [-0.2, 0) is 11.0 Å². The third-order valence-corrected chi connectivity index (χ3v) is 7.14. The molecule has 0 saturated carbocycles. The summed E-state index contributed by atoms with van der Waals surface area (Å²) in [6.07, 6.45) is 3.25. The molecule has 0 N–H and O–H groups in total. The molecule has 0 amide bonds. The number of aryl methyl sites for hydroxylation is 1. The molecule has 5 aromatic carbocycles. The quantitative estimate of drug-likeness (QED) is 0.197. The molecule has 0 aliphatic rings. The Morgan fingerprint density at radius 1 is 0.571 bits per heavy atom. The van der Waals surface area contributed by atoms with Gasteiger partial charge in [-0.3, -0.25) is 0 Å². The highest BCUT2D eigenvalue weighted by atomic mass is 31.2. The first-order valence-corrected chi connectivity index (χ1v) is 13.3. The Hall–Kier alpha value is -3.75. The summed E-state index contributed by atoms with van der Waals surface area (Å²) in [6.45, 7) is 2.17. The van der Waals surface area contributed by atoms with Gasteiger partial charge in [-0.25, -0.2) is 0 Å². The van der Waals surface area contributed by atoms with Crippen molar-refractivity contribution in [1.29, 1.82) is 0 Å². The molecule has 0 bridgehead atoms. The van der Waals surface area contributed by atoms with Crippen LogP contribution in [0.3, 0.4) is 0 Å². The Bertz CT molecular complexity index is 1410. The average molecular weight is 483 g/mol. The van der Waals surface area contributed by atoms with Gasteiger partial charge in [-0.05, 0) is 76.3 Å². The van der Waals surface area contributed by atoms with E-state index in [0.717, 1.165) is 40.8 Å². The molecular formula is C30H27O4P. The van der Waals surface area contributed by atoms with Crippen molar-refractivity contribution >= 4 is 29.4 Å².